The molecular formula is C18H22N2O. The second kappa shape index (κ2) is 5.63. The Morgan fingerprint density at radius 2 is 2.05 bits per heavy atom. The number of nitrogens with zero attached hydrogens (tertiary/aromatic N) is 2. The molecule has 1 fully saturated rings. The van der Waals surface area contributed by atoms with E-state index in [1.807, 2.05) is 12.1 Å². The van der Waals surface area contributed by atoms with Crippen LogP contribution in [0.2, 0.25) is 0 Å². The summed E-state index contributed by atoms with van der Waals surface area (Å²) in [4.78, 5) is 2.46. The van der Waals surface area contributed by atoms with Crippen molar-refractivity contribution < 1.29 is 4.74 Å². The Hall–Kier alpha value is -1.63. The first kappa shape index (κ1) is 14.3. The number of hydrogen-bond donors (Lipinski definition) is 0. The summed E-state index contributed by atoms with van der Waals surface area (Å²) in [5.74, 6) is 0.324. The highest BCUT2D eigenvalue weighted by molar-refractivity contribution is 5.73. The normalized spacial score (nSPS) is 29.4. The van der Waals surface area contributed by atoms with E-state index in [0.29, 0.717) is 5.92 Å². The van der Waals surface area contributed by atoms with Gasteiger partial charge in [-0.2, -0.15) is 5.26 Å². The molecule has 1 heterocycles. The topological polar surface area (TPSA) is 36.3 Å². The van der Waals surface area contributed by atoms with Gasteiger partial charge in [0.2, 0.25) is 0 Å². The van der Waals surface area contributed by atoms with E-state index in [9.17, 15) is 5.26 Å². The highest BCUT2D eigenvalue weighted by Crippen LogP contribution is 2.38. The average Bonchev–Trinajstić information content (AvgIpc) is 2.54. The smallest absolute Gasteiger partial charge is 0.0973 e. The van der Waals surface area contributed by atoms with E-state index in [4.69, 9.17) is 4.74 Å². The molecule has 1 saturated heterocycles. The van der Waals surface area contributed by atoms with E-state index in [0.717, 1.165) is 43.5 Å². The molecule has 3 nitrogen and oxygen atoms in total. The monoisotopic (exact) mass is 282 g/mol. The lowest BCUT2D eigenvalue weighted by Gasteiger charge is -2.49. The van der Waals surface area contributed by atoms with Gasteiger partial charge in [0.05, 0.1) is 30.4 Å². The molecule has 3 heteroatoms. The van der Waals surface area contributed by atoms with Crippen LogP contribution in [0.5, 0.6) is 0 Å². The Morgan fingerprint density at radius 3 is 2.71 bits per heavy atom. The maximum atomic E-state index is 9.89. The molecule has 1 aromatic rings. The summed E-state index contributed by atoms with van der Waals surface area (Å²) < 4.78 is 5.51. The molecule has 110 valence electrons. The van der Waals surface area contributed by atoms with Gasteiger partial charge in [0.25, 0.3) is 0 Å². The highest BCUT2D eigenvalue weighted by atomic mass is 16.5. The van der Waals surface area contributed by atoms with Crippen molar-refractivity contribution in [1.82, 2.24) is 4.90 Å². The van der Waals surface area contributed by atoms with Gasteiger partial charge in [0, 0.05) is 13.1 Å². The first-order chi connectivity index (χ1) is 10.2. The van der Waals surface area contributed by atoms with Crippen molar-refractivity contribution in [2.75, 3.05) is 26.3 Å². The molecular weight excluding hydrogens is 260 g/mol. The van der Waals surface area contributed by atoms with Crippen molar-refractivity contribution in [2.24, 2.45) is 5.92 Å². The van der Waals surface area contributed by atoms with E-state index < -0.39 is 0 Å². The van der Waals surface area contributed by atoms with Crippen LogP contribution in [0.4, 0.5) is 0 Å². The van der Waals surface area contributed by atoms with Crippen molar-refractivity contribution >= 4 is 11.6 Å². The van der Waals surface area contributed by atoms with E-state index in [2.05, 4.69) is 43.0 Å². The Balaban J connectivity index is 2.25. The molecule has 2 atom stereocenters. The third kappa shape index (κ3) is 2.10. The van der Waals surface area contributed by atoms with Crippen LogP contribution < -0.4 is 10.4 Å². The van der Waals surface area contributed by atoms with Crippen molar-refractivity contribution in [3.63, 3.8) is 0 Å². The quantitative estimate of drug-likeness (QED) is 0.819. The minimum absolute atomic E-state index is 0.188. The lowest BCUT2D eigenvalue weighted by atomic mass is 9.71. The number of ether oxygens (including phenoxy) is 1. The fourth-order valence-electron chi connectivity index (χ4n) is 4.03. The number of nitriles is 1. The number of fused-ring (bicyclic) bond motifs is 1. The van der Waals surface area contributed by atoms with Crippen LogP contribution in [0.1, 0.15) is 20.3 Å². The van der Waals surface area contributed by atoms with Crippen molar-refractivity contribution in [3.8, 4) is 6.07 Å². The maximum absolute atomic E-state index is 9.89. The van der Waals surface area contributed by atoms with Crippen LogP contribution in [-0.2, 0) is 4.74 Å². The van der Waals surface area contributed by atoms with Crippen LogP contribution >= 0.6 is 0 Å². The molecule has 1 aromatic carbocycles. The molecule has 0 aromatic heterocycles. The summed E-state index contributed by atoms with van der Waals surface area (Å²) in [6, 6.07) is 10.8. The summed E-state index contributed by atoms with van der Waals surface area (Å²) in [5, 5.41) is 12.2. The molecule has 0 radical (unpaired) electrons. The van der Waals surface area contributed by atoms with E-state index in [-0.39, 0.29) is 5.54 Å². The molecule has 2 unspecified atom stereocenters. The number of rotatable bonds is 2. The maximum Gasteiger partial charge on any atom is 0.0973 e. The molecule has 0 saturated carbocycles. The van der Waals surface area contributed by atoms with Crippen molar-refractivity contribution in [3.05, 3.63) is 34.7 Å². The summed E-state index contributed by atoms with van der Waals surface area (Å²) in [6.45, 7) is 7.76. The predicted octanol–water partition coefficient (Wildman–Crippen LogP) is 1.27. The average molecular weight is 282 g/mol. The lowest BCUT2D eigenvalue weighted by molar-refractivity contribution is -0.0133. The van der Waals surface area contributed by atoms with Gasteiger partial charge in [-0.1, -0.05) is 44.2 Å². The number of morpholine rings is 1. The standard InChI is InChI=1S/C18H22N2O/c1-3-18(20-8-10-21-11-9-20)14(2)12-15-6-4-5-7-16(15)17(18)13-19/h4-7,12,14H,3,8-11H2,1-2H3. The molecule has 3 rings (SSSR count). The number of benzene rings is 1. The molecule has 0 N–H and O–H groups in total. The second-order valence-corrected chi connectivity index (χ2v) is 5.91. The minimum atomic E-state index is -0.188. The lowest BCUT2D eigenvalue weighted by Crippen LogP contribution is -2.60. The van der Waals surface area contributed by atoms with Gasteiger partial charge in [-0.25, -0.2) is 0 Å². The van der Waals surface area contributed by atoms with Gasteiger partial charge < -0.3 is 4.74 Å². The van der Waals surface area contributed by atoms with E-state index in [1.165, 1.54) is 5.22 Å². The predicted molar refractivity (Wildman–Crippen MR) is 83.8 cm³/mol. The fraction of sp³-hybridized carbons (Fsp3) is 0.500. The third-order valence-electron chi connectivity index (χ3n) is 5.07. The third-order valence-corrected chi connectivity index (χ3v) is 5.07. The molecule has 1 aliphatic carbocycles. The SMILES string of the molecule is CCC1(N2CCOCC2)C(C#N)=c2ccccc2=CC1C. The Labute approximate surface area is 126 Å². The van der Waals surface area contributed by atoms with Gasteiger partial charge in [-0.05, 0) is 22.8 Å². The first-order valence-electron chi connectivity index (χ1n) is 7.78. The Bertz CT molecular complexity index is 682. The largest absolute Gasteiger partial charge is 0.379 e. The summed E-state index contributed by atoms with van der Waals surface area (Å²) in [7, 11) is 0. The molecule has 21 heavy (non-hydrogen) atoms. The van der Waals surface area contributed by atoms with Crippen LogP contribution in [0.15, 0.2) is 24.3 Å². The summed E-state index contributed by atoms with van der Waals surface area (Å²) >= 11 is 0. The molecule has 0 amide bonds. The van der Waals surface area contributed by atoms with Gasteiger partial charge in [0.15, 0.2) is 0 Å². The van der Waals surface area contributed by atoms with Gasteiger partial charge in [0.1, 0.15) is 0 Å². The molecule has 0 spiro atoms. The molecule has 2 aliphatic rings. The van der Waals surface area contributed by atoms with E-state index >= 15 is 0 Å². The molecule has 1 aliphatic heterocycles. The van der Waals surface area contributed by atoms with E-state index in [1.54, 1.807) is 0 Å². The van der Waals surface area contributed by atoms with Crippen LogP contribution in [0, 0.1) is 17.2 Å². The fourth-order valence-corrected chi connectivity index (χ4v) is 4.03. The number of hydrogen-bond acceptors (Lipinski definition) is 3. The van der Waals surface area contributed by atoms with Crippen LogP contribution in [0.3, 0.4) is 0 Å². The summed E-state index contributed by atoms with van der Waals surface area (Å²) in [5.41, 5.74) is 0.741. The van der Waals surface area contributed by atoms with Gasteiger partial charge in [-0.15, -0.1) is 0 Å². The highest BCUT2D eigenvalue weighted by Gasteiger charge is 2.45. The summed E-state index contributed by atoms with van der Waals surface area (Å²) in [6.07, 6.45) is 3.27. The molecule has 0 bridgehead atoms. The first-order valence-corrected chi connectivity index (χ1v) is 7.78. The zero-order valence-corrected chi connectivity index (χ0v) is 12.8. The van der Waals surface area contributed by atoms with Gasteiger partial charge in [-0.3, -0.25) is 4.90 Å². The zero-order valence-electron chi connectivity index (χ0n) is 12.8. The van der Waals surface area contributed by atoms with Gasteiger partial charge >= 0.3 is 0 Å². The Kier molecular flexibility index (Phi) is 3.84. The van der Waals surface area contributed by atoms with Crippen molar-refractivity contribution in [2.45, 2.75) is 25.8 Å². The minimum Gasteiger partial charge on any atom is -0.379 e. The van der Waals surface area contributed by atoms with Crippen LogP contribution in [-0.4, -0.2) is 36.7 Å². The zero-order chi connectivity index (χ0) is 14.9. The second-order valence-electron chi connectivity index (χ2n) is 5.91. The van der Waals surface area contributed by atoms with Crippen LogP contribution in [0.25, 0.3) is 11.6 Å². The Morgan fingerprint density at radius 1 is 1.33 bits per heavy atom. The van der Waals surface area contributed by atoms with Crippen molar-refractivity contribution in [1.29, 1.82) is 5.26 Å².